The van der Waals surface area contributed by atoms with E-state index in [9.17, 15) is 4.79 Å². The minimum absolute atomic E-state index is 0.127. The van der Waals surface area contributed by atoms with Gasteiger partial charge in [-0.1, -0.05) is 12.1 Å². The fourth-order valence-corrected chi connectivity index (χ4v) is 2.10. The summed E-state index contributed by atoms with van der Waals surface area (Å²) in [4.78, 5) is 12.0. The Morgan fingerprint density at radius 1 is 1.39 bits per heavy atom. The SMILES string of the molecule is CSCc1ccc(C(=O)Nc2[nH]ncc2C)cc1. The van der Waals surface area contributed by atoms with Crippen LogP contribution < -0.4 is 5.32 Å². The molecule has 0 aliphatic heterocycles. The first-order valence-corrected chi connectivity index (χ1v) is 6.99. The summed E-state index contributed by atoms with van der Waals surface area (Å²) in [6, 6.07) is 7.63. The number of hydrogen-bond donors (Lipinski definition) is 2. The average molecular weight is 261 g/mol. The van der Waals surface area contributed by atoms with Crippen molar-refractivity contribution < 1.29 is 4.79 Å². The Kier molecular flexibility index (Phi) is 4.04. The molecule has 2 N–H and O–H groups in total. The van der Waals surface area contributed by atoms with Gasteiger partial charge < -0.3 is 5.32 Å². The number of carbonyl (C=O) groups is 1. The molecule has 1 aromatic carbocycles. The number of carbonyl (C=O) groups excluding carboxylic acids is 1. The lowest BCUT2D eigenvalue weighted by Gasteiger charge is -2.05. The number of hydrogen-bond acceptors (Lipinski definition) is 3. The van der Waals surface area contributed by atoms with E-state index in [1.807, 2.05) is 31.2 Å². The lowest BCUT2D eigenvalue weighted by Crippen LogP contribution is -2.12. The Labute approximate surface area is 110 Å². The van der Waals surface area contributed by atoms with Crippen LogP contribution in [0.25, 0.3) is 0 Å². The van der Waals surface area contributed by atoms with Gasteiger partial charge in [0.2, 0.25) is 0 Å². The zero-order valence-corrected chi connectivity index (χ0v) is 11.2. The minimum atomic E-state index is -0.127. The van der Waals surface area contributed by atoms with Gasteiger partial charge in [0.05, 0.1) is 6.20 Å². The summed E-state index contributed by atoms with van der Waals surface area (Å²) >= 11 is 1.76. The molecule has 0 saturated heterocycles. The molecular formula is C13H15N3OS. The molecule has 0 atom stereocenters. The number of nitrogens with one attached hydrogen (secondary N) is 2. The molecule has 2 aromatic rings. The second kappa shape index (κ2) is 5.73. The molecule has 94 valence electrons. The quantitative estimate of drug-likeness (QED) is 0.889. The minimum Gasteiger partial charge on any atom is -0.307 e. The molecule has 0 spiro atoms. The van der Waals surface area contributed by atoms with Crippen LogP contribution in [0, 0.1) is 6.92 Å². The second-order valence-corrected chi connectivity index (χ2v) is 4.88. The molecule has 4 nitrogen and oxygen atoms in total. The molecule has 0 aliphatic carbocycles. The highest BCUT2D eigenvalue weighted by molar-refractivity contribution is 7.97. The summed E-state index contributed by atoms with van der Waals surface area (Å²) in [5.74, 6) is 1.48. The fraction of sp³-hybridized carbons (Fsp3) is 0.231. The highest BCUT2D eigenvalue weighted by atomic mass is 32.2. The van der Waals surface area contributed by atoms with Gasteiger partial charge in [-0.15, -0.1) is 0 Å². The number of aryl methyl sites for hydroxylation is 1. The predicted octanol–water partition coefficient (Wildman–Crippen LogP) is 2.83. The van der Waals surface area contributed by atoms with E-state index in [0.29, 0.717) is 11.4 Å². The normalized spacial score (nSPS) is 10.3. The molecule has 5 heteroatoms. The van der Waals surface area contributed by atoms with Crippen molar-refractivity contribution in [2.24, 2.45) is 0 Å². The number of anilines is 1. The van der Waals surface area contributed by atoms with Crippen molar-refractivity contribution in [2.45, 2.75) is 12.7 Å². The Hall–Kier alpha value is -1.75. The number of rotatable bonds is 4. The number of aromatic amines is 1. The standard InChI is InChI=1S/C13H15N3OS/c1-9-7-14-16-12(9)15-13(17)11-5-3-10(4-6-11)8-18-2/h3-7H,8H2,1-2H3,(H2,14,15,16,17). The molecule has 0 fully saturated rings. The van der Waals surface area contributed by atoms with E-state index in [-0.39, 0.29) is 5.91 Å². The molecule has 1 amide bonds. The van der Waals surface area contributed by atoms with E-state index in [0.717, 1.165) is 11.3 Å². The van der Waals surface area contributed by atoms with Gasteiger partial charge in [0, 0.05) is 16.9 Å². The molecule has 0 bridgehead atoms. The van der Waals surface area contributed by atoms with Gasteiger partial charge in [0.25, 0.3) is 5.91 Å². The highest BCUT2D eigenvalue weighted by Gasteiger charge is 2.08. The lowest BCUT2D eigenvalue weighted by molar-refractivity contribution is 0.102. The zero-order chi connectivity index (χ0) is 13.0. The Bertz CT molecular complexity index is 533. The largest absolute Gasteiger partial charge is 0.307 e. The van der Waals surface area contributed by atoms with Gasteiger partial charge in [-0.25, -0.2) is 0 Å². The molecule has 0 aliphatic rings. The van der Waals surface area contributed by atoms with Crippen LogP contribution in [0.3, 0.4) is 0 Å². The van der Waals surface area contributed by atoms with E-state index < -0.39 is 0 Å². The first-order chi connectivity index (χ1) is 8.70. The van der Waals surface area contributed by atoms with Crippen LogP contribution in [0.1, 0.15) is 21.5 Å². The van der Waals surface area contributed by atoms with E-state index in [4.69, 9.17) is 0 Å². The van der Waals surface area contributed by atoms with Crippen molar-refractivity contribution in [1.82, 2.24) is 10.2 Å². The third-order valence-electron chi connectivity index (χ3n) is 2.59. The molecule has 0 saturated carbocycles. The van der Waals surface area contributed by atoms with Crippen molar-refractivity contribution in [2.75, 3.05) is 11.6 Å². The zero-order valence-electron chi connectivity index (χ0n) is 10.4. The van der Waals surface area contributed by atoms with Crippen molar-refractivity contribution in [3.63, 3.8) is 0 Å². The van der Waals surface area contributed by atoms with E-state index >= 15 is 0 Å². The van der Waals surface area contributed by atoms with E-state index in [2.05, 4.69) is 21.8 Å². The van der Waals surface area contributed by atoms with Crippen LogP contribution in [0.2, 0.25) is 0 Å². The number of nitrogens with zero attached hydrogens (tertiary/aromatic N) is 1. The molecule has 0 unspecified atom stereocenters. The lowest BCUT2D eigenvalue weighted by atomic mass is 10.1. The first-order valence-electron chi connectivity index (χ1n) is 5.60. The summed E-state index contributed by atoms with van der Waals surface area (Å²) in [7, 11) is 0. The van der Waals surface area contributed by atoms with E-state index in [1.54, 1.807) is 18.0 Å². The maximum Gasteiger partial charge on any atom is 0.256 e. The molecule has 1 heterocycles. The number of amides is 1. The summed E-state index contributed by atoms with van der Waals surface area (Å²) in [5.41, 5.74) is 2.79. The molecule has 2 rings (SSSR count). The predicted molar refractivity (Wildman–Crippen MR) is 74.9 cm³/mol. The Morgan fingerprint density at radius 3 is 2.67 bits per heavy atom. The third-order valence-corrected chi connectivity index (χ3v) is 3.22. The summed E-state index contributed by atoms with van der Waals surface area (Å²) in [5, 5.41) is 9.41. The van der Waals surface area contributed by atoms with Gasteiger partial charge >= 0.3 is 0 Å². The van der Waals surface area contributed by atoms with Crippen LogP contribution in [-0.2, 0) is 5.75 Å². The van der Waals surface area contributed by atoms with E-state index in [1.165, 1.54) is 5.56 Å². The van der Waals surface area contributed by atoms with Crippen LogP contribution in [0.4, 0.5) is 5.82 Å². The van der Waals surface area contributed by atoms with Crippen LogP contribution in [0.5, 0.6) is 0 Å². The third kappa shape index (κ3) is 2.92. The van der Waals surface area contributed by atoms with Crippen LogP contribution in [0.15, 0.2) is 30.5 Å². The summed E-state index contributed by atoms with van der Waals surface area (Å²) in [6.45, 7) is 1.89. The van der Waals surface area contributed by atoms with Crippen molar-refractivity contribution in [1.29, 1.82) is 0 Å². The fourth-order valence-electron chi connectivity index (χ4n) is 1.58. The molecular weight excluding hydrogens is 246 g/mol. The smallest absolute Gasteiger partial charge is 0.256 e. The second-order valence-electron chi connectivity index (χ2n) is 4.01. The number of H-pyrrole nitrogens is 1. The number of benzene rings is 1. The number of thioether (sulfide) groups is 1. The maximum atomic E-state index is 12.0. The first kappa shape index (κ1) is 12.7. The average Bonchev–Trinajstić information content (AvgIpc) is 2.76. The molecule has 1 aromatic heterocycles. The van der Waals surface area contributed by atoms with Crippen molar-refractivity contribution in [3.8, 4) is 0 Å². The van der Waals surface area contributed by atoms with Gasteiger partial charge in [-0.2, -0.15) is 16.9 Å². The number of aromatic nitrogens is 2. The van der Waals surface area contributed by atoms with Gasteiger partial charge in [0.15, 0.2) is 0 Å². The highest BCUT2D eigenvalue weighted by Crippen LogP contribution is 2.13. The Balaban J connectivity index is 2.07. The van der Waals surface area contributed by atoms with Crippen molar-refractivity contribution >= 4 is 23.5 Å². The molecule has 18 heavy (non-hydrogen) atoms. The van der Waals surface area contributed by atoms with Crippen molar-refractivity contribution in [3.05, 3.63) is 47.2 Å². The summed E-state index contributed by atoms with van der Waals surface area (Å²) < 4.78 is 0. The maximum absolute atomic E-state index is 12.0. The molecule has 0 radical (unpaired) electrons. The monoisotopic (exact) mass is 261 g/mol. The van der Waals surface area contributed by atoms with Crippen LogP contribution >= 0.6 is 11.8 Å². The Morgan fingerprint density at radius 2 is 2.11 bits per heavy atom. The van der Waals surface area contributed by atoms with Crippen LogP contribution in [-0.4, -0.2) is 22.4 Å². The topological polar surface area (TPSA) is 57.8 Å². The van der Waals surface area contributed by atoms with Gasteiger partial charge in [0.1, 0.15) is 5.82 Å². The van der Waals surface area contributed by atoms with Gasteiger partial charge in [-0.3, -0.25) is 9.89 Å². The van der Waals surface area contributed by atoms with Gasteiger partial charge in [-0.05, 0) is 30.9 Å². The summed E-state index contributed by atoms with van der Waals surface area (Å²) in [6.07, 6.45) is 3.73.